The van der Waals surface area contributed by atoms with Gasteiger partial charge in [0.25, 0.3) is 5.91 Å². The Morgan fingerprint density at radius 2 is 1.88 bits per heavy atom. The van der Waals surface area contributed by atoms with Crippen LogP contribution in [0.15, 0.2) is 54.6 Å². The Labute approximate surface area is 142 Å². The number of nitrogens with zero attached hydrogens (tertiary/aromatic N) is 1. The molecule has 3 rings (SSSR count). The molecule has 1 heterocycles. The summed E-state index contributed by atoms with van der Waals surface area (Å²) < 4.78 is 0. The summed E-state index contributed by atoms with van der Waals surface area (Å²) >= 11 is 0. The second kappa shape index (κ2) is 6.83. The van der Waals surface area contributed by atoms with Crippen molar-refractivity contribution in [3.8, 4) is 11.3 Å². The van der Waals surface area contributed by atoms with Gasteiger partial charge in [-0.05, 0) is 31.0 Å². The van der Waals surface area contributed by atoms with Crippen LogP contribution in [0.1, 0.15) is 29.8 Å². The van der Waals surface area contributed by atoms with E-state index in [1.54, 1.807) is 0 Å². The molecule has 0 saturated heterocycles. The minimum absolute atomic E-state index is 0.0452. The number of carbonyl (C=O) groups excluding carboxylic acids is 1. The average Bonchev–Trinajstić information content (AvgIpc) is 2.58. The summed E-state index contributed by atoms with van der Waals surface area (Å²) in [7, 11) is 0. The normalized spacial score (nSPS) is 11.0. The Morgan fingerprint density at radius 3 is 2.62 bits per heavy atom. The topological polar surface area (TPSA) is 42.0 Å². The number of aromatic nitrogens is 1. The highest BCUT2D eigenvalue weighted by atomic mass is 16.1. The number of amides is 1. The quantitative estimate of drug-likeness (QED) is 0.764. The van der Waals surface area contributed by atoms with Gasteiger partial charge in [-0.3, -0.25) is 4.79 Å². The largest absolute Gasteiger partial charge is 0.352 e. The van der Waals surface area contributed by atoms with Gasteiger partial charge in [-0.25, -0.2) is 4.98 Å². The summed E-state index contributed by atoms with van der Waals surface area (Å²) in [6.07, 6.45) is 0. The summed E-state index contributed by atoms with van der Waals surface area (Å²) in [6.45, 7) is 6.89. The molecule has 1 amide bonds. The highest BCUT2D eigenvalue weighted by Gasteiger charge is 2.14. The lowest BCUT2D eigenvalue weighted by molar-refractivity contribution is 0.0950. The molecule has 2 aromatic carbocycles. The third-order valence-corrected chi connectivity index (χ3v) is 3.95. The van der Waals surface area contributed by atoms with Crippen molar-refractivity contribution in [3.63, 3.8) is 0 Å². The smallest absolute Gasteiger partial charge is 0.252 e. The van der Waals surface area contributed by atoms with Gasteiger partial charge in [0.05, 0.1) is 16.8 Å². The van der Waals surface area contributed by atoms with Crippen molar-refractivity contribution in [1.82, 2.24) is 10.3 Å². The molecule has 3 heteroatoms. The van der Waals surface area contributed by atoms with E-state index in [4.69, 9.17) is 4.98 Å². The van der Waals surface area contributed by atoms with Gasteiger partial charge in [0.15, 0.2) is 0 Å². The fourth-order valence-electron chi connectivity index (χ4n) is 2.71. The fourth-order valence-corrected chi connectivity index (χ4v) is 2.71. The van der Waals surface area contributed by atoms with Crippen molar-refractivity contribution < 1.29 is 4.79 Å². The standard InChI is InChI=1S/C21H22N2O/c1-14(2)13-22-21(24)18-12-20(16-8-6-7-15(3)11-16)23-19-10-5-4-9-17(18)19/h4-12,14H,13H2,1-3H3,(H,22,24). The molecule has 3 aromatic rings. The summed E-state index contributed by atoms with van der Waals surface area (Å²) in [5.41, 5.74) is 4.54. The van der Waals surface area contributed by atoms with Crippen LogP contribution in [0.5, 0.6) is 0 Å². The number of benzene rings is 2. The van der Waals surface area contributed by atoms with Crippen LogP contribution in [-0.2, 0) is 0 Å². The summed E-state index contributed by atoms with van der Waals surface area (Å²) in [6, 6.07) is 17.9. The van der Waals surface area contributed by atoms with E-state index in [9.17, 15) is 4.79 Å². The third kappa shape index (κ3) is 3.46. The molecule has 0 saturated carbocycles. The number of hydrogen-bond donors (Lipinski definition) is 1. The number of carbonyl (C=O) groups is 1. The predicted molar refractivity (Wildman–Crippen MR) is 99.1 cm³/mol. The molecule has 0 spiro atoms. The van der Waals surface area contributed by atoms with Gasteiger partial charge in [0.1, 0.15) is 0 Å². The van der Waals surface area contributed by atoms with Crippen molar-refractivity contribution in [1.29, 1.82) is 0 Å². The van der Waals surface area contributed by atoms with Crippen LogP contribution in [0.2, 0.25) is 0 Å². The van der Waals surface area contributed by atoms with E-state index in [0.29, 0.717) is 18.0 Å². The third-order valence-electron chi connectivity index (χ3n) is 3.95. The maximum Gasteiger partial charge on any atom is 0.252 e. The number of hydrogen-bond acceptors (Lipinski definition) is 2. The lowest BCUT2D eigenvalue weighted by Crippen LogP contribution is -2.27. The Morgan fingerprint density at radius 1 is 1.08 bits per heavy atom. The van der Waals surface area contributed by atoms with Gasteiger partial charge in [-0.2, -0.15) is 0 Å². The first-order chi connectivity index (χ1) is 11.5. The molecule has 0 unspecified atom stereocenters. The van der Waals surface area contributed by atoms with E-state index in [0.717, 1.165) is 22.2 Å². The zero-order valence-corrected chi connectivity index (χ0v) is 14.3. The van der Waals surface area contributed by atoms with E-state index in [2.05, 4.69) is 38.2 Å². The number of pyridine rings is 1. The fraction of sp³-hybridized carbons (Fsp3) is 0.238. The first-order valence-electron chi connectivity index (χ1n) is 8.29. The van der Waals surface area contributed by atoms with Crippen LogP contribution in [-0.4, -0.2) is 17.4 Å². The van der Waals surface area contributed by atoms with E-state index < -0.39 is 0 Å². The average molecular weight is 318 g/mol. The number of nitrogens with one attached hydrogen (secondary N) is 1. The van der Waals surface area contributed by atoms with Crippen LogP contribution in [0.25, 0.3) is 22.2 Å². The van der Waals surface area contributed by atoms with Crippen LogP contribution in [0.3, 0.4) is 0 Å². The van der Waals surface area contributed by atoms with Gasteiger partial charge in [-0.15, -0.1) is 0 Å². The molecule has 0 fully saturated rings. The maximum absolute atomic E-state index is 12.7. The molecule has 1 N–H and O–H groups in total. The van der Waals surface area contributed by atoms with Gasteiger partial charge >= 0.3 is 0 Å². The van der Waals surface area contributed by atoms with Crippen molar-refractivity contribution in [2.24, 2.45) is 5.92 Å². The molecule has 0 bridgehead atoms. The second-order valence-electron chi connectivity index (χ2n) is 6.55. The zero-order valence-electron chi connectivity index (χ0n) is 14.3. The molecule has 0 aliphatic rings. The summed E-state index contributed by atoms with van der Waals surface area (Å²) in [4.78, 5) is 17.4. The molecule has 24 heavy (non-hydrogen) atoms. The SMILES string of the molecule is Cc1cccc(-c2cc(C(=O)NCC(C)C)c3ccccc3n2)c1. The van der Waals surface area contributed by atoms with E-state index in [1.165, 1.54) is 5.56 Å². The van der Waals surface area contributed by atoms with E-state index in [1.807, 2.05) is 42.5 Å². The lowest BCUT2D eigenvalue weighted by atomic mass is 10.0. The molecule has 0 aliphatic heterocycles. The van der Waals surface area contributed by atoms with E-state index >= 15 is 0 Å². The lowest BCUT2D eigenvalue weighted by Gasteiger charge is -2.12. The number of para-hydroxylation sites is 1. The highest BCUT2D eigenvalue weighted by Crippen LogP contribution is 2.25. The Kier molecular flexibility index (Phi) is 4.61. The van der Waals surface area contributed by atoms with Gasteiger partial charge in [0.2, 0.25) is 0 Å². The Hall–Kier alpha value is -2.68. The molecular weight excluding hydrogens is 296 g/mol. The van der Waals surface area contributed by atoms with Gasteiger partial charge in [-0.1, -0.05) is 55.8 Å². The molecule has 1 aromatic heterocycles. The first kappa shape index (κ1) is 16.2. The first-order valence-corrected chi connectivity index (χ1v) is 8.29. The number of fused-ring (bicyclic) bond motifs is 1. The zero-order chi connectivity index (χ0) is 17.1. The second-order valence-corrected chi connectivity index (χ2v) is 6.55. The van der Waals surface area contributed by atoms with Crippen LogP contribution in [0, 0.1) is 12.8 Å². The van der Waals surface area contributed by atoms with Crippen molar-refractivity contribution >= 4 is 16.8 Å². The minimum Gasteiger partial charge on any atom is -0.352 e. The van der Waals surface area contributed by atoms with Gasteiger partial charge < -0.3 is 5.32 Å². The van der Waals surface area contributed by atoms with Crippen molar-refractivity contribution in [2.45, 2.75) is 20.8 Å². The molecule has 0 aliphatic carbocycles. The Balaban J connectivity index is 2.11. The van der Waals surface area contributed by atoms with Crippen LogP contribution < -0.4 is 5.32 Å². The van der Waals surface area contributed by atoms with Gasteiger partial charge in [0, 0.05) is 17.5 Å². The number of aryl methyl sites for hydroxylation is 1. The maximum atomic E-state index is 12.7. The molecule has 0 atom stereocenters. The van der Waals surface area contributed by atoms with Crippen LogP contribution >= 0.6 is 0 Å². The van der Waals surface area contributed by atoms with E-state index in [-0.39, 0.29) is 5.91 Å². The van der Waals surface area contributed by atoms with Crippen LogP contribution in [0.4, 0.5) is 0 Å². The number of rotatable bonds is 4. The highest BCUT2D eigenvalue weighted by molar-refractivity contribution is 6.07. The summed E-state index contributed by atoms with van der Waals surface area (Å²) in [5.74, 6) is 0.370. The minimum atomic E-state index is -0.0452. The van der Waals surface area contributed by atoms with Crippen molar-refractivity contribution in [3.05, 3.63) is 65.7 Å². The Bertz CT molecular complexity index is 884. The molecule has 3 nitrogen and oxygen atoms in total. The van der Waals surface area contributed by atoms with Crippen molar-refractivity contribution in [2.75, 3.05) is 6.54 Å². The molecule has 122 valence electrons. The predicted octanol–water partition coefficient (Wildman–Crippen LogP) is 4.60. The summed E-state index contributed by atoms with van der Waals surface area (Å²) in [5, 5.41) is 3.90. The monoisotopic (exact) mass is 318 g/mol. The molecule has 0 radical (unpaired) electrons. The molecular formula is C21H22N2O.